The number of aryl methyl sites for hydroxylation is 1. The van der Waals surface area contributed by atoms with Gasteiger partial charge in [0.2, 0.25) is 10.0 Å². The van der Waals surface area contributed by atoms with Gasteiger partial charge in [0.25, 0.3) is 0 Å². The fourth-order valence-corrected chi connectivity index (χ4v) is 5.13. The van der Waals surface area contributed by atoms with Gasteiger partial charge in [-0.15, -0.1) is 0 Å². The minimum atomic E-state index is -3.45. The molecule has 2 fully saturated rings. The number of likely N-dealkylation sites (tertiary alicyclic amines) is 1. The Labute approximate surface area is 132 Å². The molecular weight excluding hydrogens is 300 g/mol. The van der Waals surface area contributed by atoms with E-state index < -0.39 is 10.0 Å². The molecule has 1 aromatic rings. The molecule has 0 amide bonds. The largest absolute Gasteiger partial charge is 0.379 e. The Morgan fingerprint density at radius 3 is 2.73 bits per heavy atom. The lowest BCUT2D eigenvalue weighted by atomic mass is 9.88. The van der Waals surface area contributed by atoms with Gasteiger partial charge in [-0.3, -0.25) is 0 Å². The molecule has 2 heterocycles. The van der Waals surface area contributed by atoms with Gasteiger partial charge in [-0.05, 0) is 44.6 Å². The highest BCUT2D eigenvalue weighted by Crippen LogP contribution is 2.34. The molecular formula is C16H24N2O3S. The summed E-state index contributed by atoms with van der Waals surface area (Å²) in [7, 11) is -1.37. The van der Waals surface area contributed by atoms with Crippen molar-refractivity contribution in [3.63, 3.8) is 0 Å². The molecule has 0 aliphatic carbocycles. The Bertz CT molecular complexity index is 647. The van der Waals surface area contributed by atoms with Gasteiger partial charge in [0.1, 0.15) is 0 Å². The van der Waals surface area contributed by atoms with E-state index >= 15 is 0 Å². The van der Waals surface area contributed by atoms with Gasteiger partial charge < -0.3 is 9.64 Å². The predicted octanol–water partition coefficient (Wildman–Crippen LogP) is 1.34. The second kappa shape index (κ2) is 5.92. The van der Waals surface area contributed by atoms with Crippen molar-refractivity contribution >= 4 is 10.0 Å². The van der Waals surface area contributed by atoms with Crippen molar-refractivity contribution in [1.82, 2.24) is 9.21 Å². The van der Waals surface area contributed by atoms with E-state index in [1.165, 1.54) is 0 Å². The topological polar surface area (TPSA) is 49.9 Å². The summed E-state index contributed by atoms with van der Waals surface area (Å²) in [6, 6.07) is 7.14. The van der Waals surface area contributed by atoms with Gasteiger partial charge >= 0.3 is 0 Å². The Morgan fingerprint density at radius 2 is 2.05 bits per heavy atom. The quantitative estimate of drug-likeness (QED) is 0.824. The van der Waals surface area contributed by atoms with Crippen LogP contribution in [0, 0.1) is 12.3 Å². The van der Waals surface area contributed by atoms with Crippen LogP contribution in [0.5, 0.6) is 0 Å². The second-order valence-electron chi connectivity index (χ2n) is 6.70. The van der Waals surface area contributed by atoms with Crippen molar-refractivity contribution in [2.45, 2.75) is 18.2 Å². The average molecular weight is 324 g/mol. The molecule has 1 unspecified atom stereocenters. The number of sulfonamides is 1. The number of rotatable bonds is 2. The van der Waals surface area contributed by atoms with E-state index in [2.05, 4.69) is 11.9 Å². The Hall–Kier alpha value is -0.950. The summed E-state index contributed by atoms with van der Waals surface area (Å²) in [6.07, 6.45) is 0.989. The molecule has 1 spiro atoms. The molecule has 0 radical (unpaired) electrons. The first-order chi connectivity index (χ1) is 10.4. The van der Waals surface area contributed by atoms with Crippen LogP contribution in [0.1, 0.15) is 12.0 Å². The third kappa shape index (κ3) is 3.06. The lowest BCUT2D eigenvalue weighted by molar-refractivity contribution is 0.0744. The summed E-state index contributed by atoms with van der Waals surface area (Å²) in [6.45, 7) is 5.91. The summed E-state index contributed by atoms with van der Waals surface area (Å²) >= 11 is 0. The van der Waals surface area contributed by atoms with Crippen LogP contribution >= 0.6 is 0 Å². The summed E-state index contributed by atoms with van der Waals surface area (Å²) in [5.74, 6) is 0. The van der Waals surface area contributed by atoms with Crippen molar-refractivity contribution in [1.29, 1.82) is 0 Å². The summed E-state index contributed by atoms with van der Waals surface area (Å²) in [4.78, 5) is 2.64. The lowest BCUT2D eigenvalue weighted by Crippen LogP contribution is -2.43. The monoisotopic (exact) mass is 324 g/mol. The van der Waals surface area contributed by atoms with Crippen molar-refractivity contribution in [3.05, 3.63) is 29.8 Å². The molecule has 1 atom stereocenters. The molecule has 0 saturated carbocycles. The van der Waals surface area contributed by atoms with E-state index in [4.69, 9.17) is 4.74 Å². The zero-order valence-corrected chi connectivity index (χ0v) is 14.1. The minimum absolute atomic E-state index is 0.0673. The van der Waals surface area contributed by atoms with E-state index in [0.717, 1.165) is 25.1 Å². The molecule has 3 rings (SSSR count). The van der Waals surface area contributed by atoms with Crippen molar-refractivity contribution in [3.8, 4) is 0 Å². The highest BCUT2D eigenvalue weighted by molar-refractivity contribution is 7.89. The molecule has 0 aromatic heterocycles. The van der Waals surface area contributed by atoms with Gasteiger partial charge in [0.05, 0.1) is 18.1 Å². The normalized spacial score (nSPS) is 28.1. The molecule has 2 saturated heterocycles. The number of benzene rings is 1. The second-order valence-corrected chi connectivity index (χ2v) is 8.63. The summed E-state index contributed by atoms with van der Waals surface area (Å²) in [5, 5.41) is 0. The molecule has 1 aromatic carbocycles. The van der Waals surface area contributed by atoms with Crippen molar-refractivity contribution < 1.29 is 13.2 Å². The highest BCUT2D eigenvalue weighted by atomic mass is 32.2. The van der Waals surface area contributed by atoms with Crippen LogP contribution in [-0.2, 0) is 14.8 Å². The number of hydrogen-bond acceptors (Lipinski definition) is 4. The molecule has 5 nitrogen and oxygen atoms in total. The Kier molecular flexibility index (Phi) is 4.29. The van der Waals surface area contributed by atoms with Crippen LogP contribution in [0.4, 0.5) is 0 Å². The van der Waals surface area contributed by atoms with E-state index in [9.17, 15) is 8.42 Å². The van der Waals surface area contributed by atoms with Gasteiger partial charge in [0.15, 0.2) is 0 Å². The third-order valence-corrected chi connectivity index (χ3v) is 6.50. The average Bonchev–Trinajstić information content (AvgIpc) is 2.70. The zero-order valence-electron chi connectivity index (χ0n) is 13.3. The van der Waals surface area contributed by atoms with Crippen LogP contribution in [0.2, 0.25) is 0 Å². The molecule has 6 heteroatoms. The first-order valence-electron chi connectivity index (χ1n) is 7.75. The Morgan fingerprint density at radius 1 is 1.23 bits per heavy atom. The fraction of sp³-hybridized carbons (Fsp3) is 0.625. The maximum absolute atomic E-state index is 13.0. The maximum Gasteiger partial charge on any atom is 0.243 e. The molecule has 122 valence electrons. The van der Waals surface area contributed by atoms with E-state index in [-0.39, 0.29) is 5.41 Å². The van der Waals surface area contributed by atoms with Crippen LogP contribution in [0.3, 0.4) is 0 Å². The van der Waals surface area contributed by atoms with E-state index in [1.54, 1.807) is 22.5 Å². The fourth-order valence-electron chi connectivity index (χ4n) is 3.49. The van der Waals surface area contributed by atoms with Crippen LogP contribution in [-0.4, -0.2) is 64.1 Å². The standard InChI is InChI=1S/C16H24N2O3S/c1-14-4-3-5-15(10-14)22(19,20)18-8-9-21-13-16(12-18)6-7-17(2)11-16/h3-5,10H,6-9,11-13H2,1-2H3. The molecule has 2 aliphatic rings. The predicted molar refractivity (Wildman–Crippen MR) is 85.3 cm³/mol. The van der Waals surface area contributed by atoms with Crippen LogP contribution in [0.15, 0.2) is 29.2 Å². The molecule has 0 bridgehead atoms. The lowest BCUT2D eigenvalue weighted by Gasteiger charge is -2.31. The first kappa shape index (κ1) is 15.9. The van der Waals surface area contributed by atoms with Crippen molar-refractivity contribution in [2.75, 3.05) is 46.4 Å². The highest BCUT2D eigenvalue weighted by Gasteiger charge is 2.42. The van der Waals surface area contributed by atoms with Gasteiger partial charge in [-0.25, -0.2) is 8.42 Å². The number of nitrogens with zero attached hydrogens (tertiary/aromatic N) is 2. The molecule has 2 aliphatic heterocycles. The zero-order chi connectivity index (χ0) is 15.8. The Balaban J connectivity index is 1.89. The summed E-state index contributed by atoms with van der Waals surface area (Å²) < 4.78 is 33.3. The van der Waals surface area contributed by atoms with E-state index in [1.807, 2.05) is 13.0 Å². The van der Waals surface area contributed by atoms with Gasteiger partial charge in [-0.1, -0.05) is 12.1 Å². The summed E-state index contributed by atoms with van der Waals surface area (Å²) in [5.41, 5.74) is 0.893. The SMILES string of the molecule is Cc1cccc(S(=O)(=O)N2CCOCC3(CCN(C)C3)C2)c1. The van der Waals surface area contributed by atoms with Crippen LogP contribution < -0.4 is 0 Å². The number of ether oxygens (including phenoxy) is 1. The third-order valence-electron chi connectivity index (χ3n) is 4.66. The minimum Gasteiger partial charge on any atom is -0.379 e. The number of hydrogen-bond donors (Lipinski definition) is 0. The van der Waals surface area contributed by atoms with Gasteiger partial charge in [-0.2, -0.15) is 4.31 Å². The van der Waals surface area contributed by atoms with Crippen molar-refractivity contribution in [2.24, 2.45) is 5.41 Å². The van der Waals surface area contributed by atoms with Crippen LogP contribution in [0.25, 0.3) is 0 Å². The smallest absolute Gasteiger partial charge is 0.243 e. The van der Waals surface area contributed by atoms with Gasteiger partial charge in [0, 0.05) is 25.0 Å². The molecule has 22 heavy (non-hydrogen) atoms. The first-order valence-corrected chi connectivity index (χ1v) is 9.19. The van der Waals surface area contributed by atoms with E-state index in [0.29, 0.717) is 31.2 Å². The molecule has 0 N–H and O–H groups in total. The maximum atomic E-state index is 13.0.